The summed E-state index contributed by atoms with van der Waals surface area (Å²) in [5.41, 5.74) is 8.45. The van der Waals surface area contributed by atoms with Crippen LogP contribution in [0.5, 0.6) is 0 Å². The average Bonchev–Trinajstić information content (AvgIpc) is 3.03. The number of para-hydroxylation sites is 4. The highest BCUT2D eigenvalue weighted by Crippen LogP contribution is 2.26. The summed E-state index contributed by atoms with van der Waals surface area (Å²) < 4.78 is 29.0. The molecule has 4 N–H and O–H groups in total. The number of fused-ring (bicyclic) bond motifs is 4. The number of nitrogens with one attached hydrogen (secondary N) is 2. The van der Waals surface area contributed by atoms with Crippen molar-refractivity contribution < 1.29 is 18.4 Å². The third kappa shape index (κ3) is 5.31. The Morgan fingerprint density at radius 2 is 1.00 bits per heavy atom. The van der Waals surface area contributed by atoms with Crippen LogP contribution in [0.25, 0.3) is 43.6 Å². The number of nitrogens with two attached hydrogens (primary N) is 1. The van der Waals surface area contributed by atoms with E-state index in [1.807, 2.05) is 38.1 Å². The maximum absolute atomic E-state index is 14.5. The van der Waals surface area contributed by atoms with Gasteiger partial charge in [-0.3, -0.25) is 9.59 Å². The van der Waals surface area contributed by atoms with E-state index in [0.29, 0.717) is 56.5 Å². The Kier molecular flexibility index (Phi) is 7.88. The van der Waals surface area contributed by atoms with Crippen LogP contribution >= 0.6 is 0 Å². The van der Waals surface area contributed by atoms with Crippen LogP contribution < -0.4 is 16.4 Å². The van der Waals surface area contributed by atoms with E-state index < -0.39 is 41.6 Å². The molecule has 0 saturated heterocycles. The van der Waals surface area contributed by atoms with Crippen LogP contribution in [0.3, 0.4) is 0 Å². The van der Waals surface area contributed by atoms with Crippen LogP contribution in [0, 0.1) is 11.6 Å². The number of pyridine rings is 2. The molecule has 0 spiro atoms. The van der Waals surface area contributed by atoms with Crippen LogP contribution in [-0.2, 0) is 0 Å². The molecule has 0 bridgehead atoms. The first-order valence-corrected chi connectivity index (χ1v) is 14.6. The standard InChI is InChI=1S/C35H31F2N5O2/c1-3-27(39-34(43)23-13-5-9-19-17-21-11-7-15-25(36)32(21)41-30(19)23)29(38)28(4-2)40-35(44)24-14-6-10-20-18-22-12-8-16-26(37)33(22)42-31(20)24/h5-18,27-29H,3-4,38H2,1-2H3,(H,39,43)(H,40,44). The lowest BCUT2D eigenvalue weighted by molar-refractivity contribution is 0.0909. The van der Waals surface area contributed by atoms with E-state index in [9.17, 15) is 18.4 Å². The summed E-state index contributed by atoms with van der Waals surface area (Å²) in [5.74, 6) is -1.72. The second kappa shape index (κ2) is 11.9. The SMILES string of the molecule is CCC(NC(=O)c1cccc2cc3cccc(F)c3nc12)C(N)C(CC)NC(=O)c1cccc2cc3cccc(F)c3nc12. The summed E-state index contributed by atoms with van der Waals surface area (Å²) in [4.78, 5) is 36.1. The summed E-state index contributed by atoms with van der Waals surface area (Å²) >= 11 is 0. The van der Waals surface area contributed by atoms with Gasteiger partial charge in [0.15, 0.2) is 0 Å². The smallest absolute Gasteiger partial charge is 0.253 e. The summed E-state index contributed by atoms with van der Waals surface area (Å²) in [6.45, 7) is 3.80. The maximum atomic E-state index is 14.5. The van der Waals surface area contributed by atoms with Crippen LogP contribution in [0.15, 0.2) is 84.9 Å². The fourth-order valence-corrected chi connectivity index (χ4v) is 5.78. The number of nitrogens with zero attached hydrogens (tertiary/aromatic N) is 2. The average molecular weight is 592 g/mol. The third-order valence-corrected chi connectivity index (χ3v) is 8.17. The predicted octanol–water partition coefficient (Wildman–Crippen LogP) is 6.41. The van der Waals surface area contributed by atoms with Crippen LogP contribution in [0.4, 0.5) is 8.78 Å². The monoisotopic (exact) mass is 591 g/mol. The first kappa shape index (κ1) is 29.1. The molecule has 0 aliphatic heterocycles. The molecule has 6 aromatic rings. The highest BCUT2D eigenvalue weighted by Gasteiger charge is 2.28. The minimum absolute atomic E-state index is 0.191. The Balaban J connectivity index is 1.25. The fourth-order valence-electron chi connectivity index (χ4n) is 5.78. The summed E-state index contributed by atoms with van der Waals surface area (Å²) in [5, 5.41) is 8.75. The molecule has 2 amide bonds. The van der Waals surface area contributed by atoms with Gasteiger partial charge in [-0.2, -0.15) is 0 Å². The van der Waals surface area contributed by atoms with Gasteiger partial charge in [0.25, 0.3) is 11.8 Å². The zero-order valence-electron chi connectivity index (χ0n) is 24.3. The number of halogens is 2. The van der Waals surface area contributed by atoms with Gasteiger partial charge in [-0.05, 0) is 49.2 Å². The van der Waals surface area contributed by atoms with E-state index in [4.69, 9.17) is 5.73 Å². The van der Waals surface area contributed by atoms with Gasteiger partial charge >= 0.3 is 0 Å². The molecule has 0 radical (unpaired) electrons. The van der Waals surface area contributed by atoms with E-state index in [-0.39, 0.29) is 11.0 Å². The molecule has 222 valence electrons. The molecule has 7 nitrogen and oxygen atoms in total. The second-order valence-corrected chi connectivity index (χ2v) is 10.9. The maximum Gasteiger partial charge on any atom is 0.253 e. The zero-order valence-corrected chi connectivity index (χ0v) is 24.3. The van der Waals surface area contributed by atoms with Gasteiger partial charge < -0.3 is 16.4 Å². The Morgan fingerprint density at radius 1 is 0.636 bits per heavy atom. The number of amides is 2. The van der Waals surface area contributed by atoms with E-state index in [1.165, 1.54) is 12.1 Å². The minimum Gasteiger partial charge on any atom is -0.348 e. The Bertz CT molecular complexity index is 1920. The summed E-state index contributed by atoms with van der Waals surface area (Å²) in [6, 6.07) is 21.9. The molecular weight excluding hydrogens is 560 g/mol. The van der Waals surface area contributed by atoms with Crippen molar-refractivity contribution in [2.45, 2.75) is 44.8 Å². The van der Waals surface area contributed by atoms with E-state index in [1.54, 1.807) is 48.5 Å². The van der Waals surface area contributed by atoms with Crippen molar-refractivity contribution >= 4 is 55.4 Å². The predicted molar refractivity (Wildman–Crippen MR) is 169 cm³/mol. The molecular formula is C35H31F2N5O2. The first-order chi connectivity index (χ1) is 21.3. The van der Waals surface area contributed by atoms with Crippen LogP contribution in [0.2, 0.25) is 0 Å². The number of rotatable bonds is 8. The molecule has 6 rings (SSSR count). The molecule has 9 heteroatoms. The first-order valence-electron chi connectivity index (χ1n) is 14.6. The zero-order chi connectivity index (χ0) is 31.0. The van der Waals surface area contributed by atoms with Crippen LogP contribution in [0.1, 0.15) is 47.4 Å². The third-order valence-electron chi connectivity index (χ3n) is 8.17. The number of aromatic nitrogens is 2. The molecule has 0 aliphatic carbocycles. The Labute approximate surface area is 252 Å². The number of carbonyl (C=O) groups is 2. The van der Waals surface area contributed by atoms with Crippen molar-refractivity contribution in [3.05, 3.63) is 108 Å². The normalized spacial score (nSPS) is 13.7. The van der Waals surface area contributed by atoms with Gasteiger partial charge in [0.1, 0.15) is 22.7 Å². The molecule has 44 heavy (non-hydrogen) atoms. The molecule has 0 saturated carbocycles. The topological polar surface area (TPSA) is 110 Å². The summed E-state index contributed by atoms with van der Waals surface area (Å²) in [6.07, 6.45) is 0.992. The van der Waals surface area contributed by atoms with Gasteiger partial charge in [0, 0.05) is 39.7 Å². The fraction of sp³-hybridized carbons (Fsp3) is 0.200. The lowest BCUT2D eigenvalue weighted by Crippen LogP contribution is -2.58. The van der Waals surface area contributed by atoms with Crippen LogP contribution in [-0.4, -0.2) is 39.9 Å². The van der Waals surface area contributed by atoms with Gasteiger partial charge in [-0.25, -0.2) is 18.7 Å². The van der Waals surface area contributed by atoms with Crippen molar-refractivity contribution in [1.29, 1.82) is 0 Å². The van der Waals surface area contributed by atoms with E-state index >= 15 is 0 Å². The van der Waals surface area contributed by atoms with Crippen molar-refractivity contribution in [3.63, 3.8) is 0 Å². The second-order valence-electron chi connectivity index (χ2n) is 10.9. The molecule has 2 atom stereocenters. The largest absolute Gasteiger partial charge is 0.348 e. The number of hydrogen-bond donors (Lipinski definition) is 3. The number of carbonyl (C=O) groups excluding carboxylic acids is 2. The minimum atomic E-state index is -0.639. The Hall–Kier alpha value is -5.02. The van der Waals surface area contributed by atoms with Crippen molar-refractivity contribution in [3.8, 4) is 0 Å². The van der Waals surface area contributed by atoms with Gasteiger partial charge in [0.2, 0.25) is 0 Å². The molecule has 2 heterocycles. The Morgan fingerprint density at radius 3 is 1.39 bits per heavy atom. The summed E-state index contributed by atoms with van der Waals surface area (Å²) in [7, 11) is 0. The van der Waals surface area contributed by atoms with E-state index in [0.717, 1.165) is 0 Å². The van der Waals surface area contributed by atoms with Gasteiger partial charge in [-0.15, -0.1) is 0 Å². The van der Waals surface area contributed by atoms with Crippen molar-refractivity contribution in [2.75, 3.05) is 0 Å². The quantitative estimate of drug-likeness (QED) is 0.177. The highest BCUT2D eigenvalue weighted by atomic mass is 19.1. The highest BCUT2D eigenvalue weighted by molar-refractivity contribution is 6.09. The van der Waals surface area contributed by atoms with Crippen molar-refractivity contribution in [2.24, 2.45) is 5.73 Å². The van der Waals surface area contributed by atoms with Crippen molar-refractivity contribution in [1.82, 2.24) is 20.6 Å². The lowest BCUT2D eigenvalue weighted by Gasteiger charge is -2.31. The molecule has 2 aromatic heterocycles. The number of benzene rings is 4. The molecule has 2 unspecified atom stereocenters. The van der Waals surface area contributed by atoms with E-state index in [2.05, 4.69) is 20.6 Å². The lowest BCUT2D eigenvalue weighted by atomic mass is 9.95. The molecule has 0 fully saturated rings. The van der Waals surface area contributed by atoms with Gasteiger partial charge in [-0.1, -0.05) is 62.4 Å². The molecule has 0 aliphatic rings. The van der Waals surface area contributed by atoms with Gasteiger partial charge in [0.05, 0.1) is 22.2 Å². The molecule has 4 aromatic carbocycles. The number of hydrogen-bond acceptors (Lipinski definition) is 5.